The van der Waals surface area contributed by atoms with Crippen LogP contribution in [0.3, 0.4) is 0 Å². The van der Waals surface area contributed by atoms with Crippen LogP contribution >= 0.6 is 0 Å². The van der Waals surface area contributed by atoms with Gasteiger partial charge in [-0.1, -0.05) is 11.6 Å². The van der Waals surface area contributed by atoms with Crippen molar-refractivity contribution in [3.63, 3.8) is 0 Å². The predicted octanol–water partition coefficient (Wildman–Crippen LogP) is 0.926. The Morgan fingerprint density at radius 2 is 2.25 bits per heavy atom. The summed E-state index contributed by atoms with van der Waals surface area (Å²) in [5, 5.41) is 3.28. The summed E-state index contributed by atoms with van der Waals surface area (Å²) < 4.78 is 0. The summed E-state index contributed by atoms with van der Waals surface area (Å²) in [7, 11) is 0. The van der Waals surface area contributed by atoms with Gasteiger partial charge in [0.15, 0.2) is 0 Å². The third kappa shape index (κ3) is 0.402. The van der Waals surface area contributed by atoms with Gasteiger partial charge in [-0.15, -0.1) is 0 Å². The molecule has 1 aliphatic carbocycles. The van der Waals surface area contributed by atoms with Gasteiger partial charge in [0, 0.05) is 18.5 Å². The zero-order valence-electron chi connectivity index (χ0n) is 5.20. The maximum absolute atomic E-state index is 3.28. The van der Waals surface area contributed by atoms with E-state index in [4.69, 9.17) is 0 Å². The molecule has 2 aliphatic rings. The molecule has 1 fully saturated rings. The van der Waals surface area contributed by atoms with E-state index >= 15 is 0 Å². The normalized spacial score (nSPS) is 30.9. The summed E-state index contributed by atoms with van der Waals surface area (Å²) in [6, 6.07) is 0. The first-order valence-electron chi connectivity index (χ1n) is 3.20. The highest BCUT2D eigenvalue weighted by Gasteiger charge is 2.40. The average Bonchev–Trinajstić information content (AvgIpc) is 1.51. The van der Waals surface area contributed by atoms with Gasteiger partial charge < -0.3 is 5.32 Å². The highest BCUT2D eigenvalue weighted by molar-refractivity contribution is 5.26. The Morgan fingerprint density at radius 3 is 2.38 bits per heavy atom. The minimum Gasteiger partial charge on any atom is -0.315 e. The monoisotopic (exact) mass is 109 g/mol. The van der Waals surface area contributed by atoms with Crippen molar-refractivity contribution in [2.24, 2.45) is 5.41 Å². The topological polar surface area (TPSA) is 12.0 Å². The van der Waals surface area contributed by atoms with Crippen LogP contribution in [0.2, 0.25) is 0 Å². The van der Waals surface area contributed by atoms with Gasteiger partial charge in [0.05, 0.1) is 0 Å². The Balaban J connectivity index is 2.12. The Labute approximate surface area is 49.8 Å². The maximum atomic E-state index is 3.28. The van der Waals surface area contributed by atoms with Crippen molar-refractivity contribution in [3.05, 3.63) is 11.6 Å². The molecule has 0 aromatic heterocycles. The molecule has 0 unspecified atom stereocenters. The van der Waals surface area contributed by atoms with Gasteiger partial charge in [-0.2, -0.15) is 0 Å². The Hall–Kier alpha value is -0.300. The molecule has 1 saturated heterocycles. The highest BCUT2D eigenvalue weighted by atomic mass is 15.0. The van der Waals surface area contributed by atoms with E-state index in [1.54, 1.807) is 5.57 Å². The zero-order valence-corrected chi connectivity index (χ0v) is 5.20. The standard InChI is InChI=1S/C7H11N/c1-6-2-7(3-6)4-8-5-7/h2,8H,3-5H2,1H3. The molecule has 1 heteroatoms. The average molecular weight is 109 g/mol. The van der Waals surface area contributed by atoms with Gasteiger partial charge in [-0.3, -0.25) is 0 Å². The van der Waals surface area contributed by atoms with E-state index in [1.807, 2.05) is 0 Å². The minimum atomic E-state index is 0.643. The second kappa shape index (κ2) is 1.16. The molecule has 1 aliphatic heterocycles. The lowest BCUT2D eigenvalue weighted by molar-refractivity contribution is 0.207. The lowest BCUT2D eigenvalue weighted by Crippen LogP contribution is -2.55. The van der Waals surface area contributed by atoms with E-state index in [2.05, 4.69) is 18.3 Å². The smallest absolute Gasteiger partial charge is 0.0171 e. The molecular formula is C7H11N. The molecule has 0 atom stereocenters. The SMILES string of the molecule is CC1=CC2(CNC2)C1. The van der Waals surface area contributed by atoms with Gasteiger partial charge in [0.1, 0.15) is 0 Å². The number of rotatable bonds is 0. The van der Waals surface area contributed by atoms with Crippen LogP contribution in [0.15, 0.2) is 11.6 Å². The molecule has 1 N–H and O–H groups in total. The number of hydrogen-bond acceptors (Lipinski definition) is 1. The molecule has 44 valence electrons. The van der Waals surface area contributed by atoms with E-state index in [1.165, 1.54) is 19.5 Å². The quantitative estimate of drug-likeness (QED) is 0.456. The van der Waals surface area contributed by atoms with Crippen molar-refractivity contribution in [1.82, 2.24) is 5.32 Å². The van der Waals surface area contributed by atoms with Gasteiger partial charge >= 0.3 is 0 Å². The molecule has 0 saturated carbocycles. The lowest BCUT2D eigenvalue weighted by Gasteiger charge is -2.47. The van der Waals surface area contributed by atoms with Crippen LogP contribution in [0.1, 0.15) is 13.3 Å². The summed E-state index contributed by atoms with van der Waals surface area (Å²) in [6.07, 6.45) is 3.75. The molecule has 0 aromatic rings. The molecule has 1 heterocycles. The molecule has 1 spiro atoms. The van der Waals surface area contributed by atoms with Crippen molar-refractivity contribution in [1.29, 1.82) is 0 Å². The van der Waals surface area contributed by atoms with Crippen LogP contribution in [0, 0.1) is 5.41 Å². The van der Waals surface area contributed by atoms with Crippen LogP contribution in [0.5, 0.6) is 0 Å². The molecular weight excluding hydrogens is 98.1 g/mol. The van der Waals surface area contributed by atoms with Crippen LogP contribution < -0.4 is 5.32 Å². The largest absolute Gasteiger partial charge is 0.315 e. The molecule has 0 radical (unpaired) electrons. The van der Waals surface area contributed by atoms with Crippen molar-refractivity contribution < 1.29 is 0 Å². The molecule has 8 heavy (non-hydrogen) atoms. The fourth-order valence-electron chi connectivity index (χ4n) is 1.72. The fourth-order valence-corrected chi connectivity index (χ4v) is 1.72. The third-order valence-corrected chi connectivity index (χ3v) is 2.14. The first-order chi connectivity index (χ1) is 3.81. The summed E-state index contributed by atoms with van der Waals surface area (Å²) in [6.45, 7) is 4.66. The van der Waals surface area contributed by atoms with Crippen LogP contribution in [-0.4, -0.2) is 13.1 Å². The minimum absolute atomic E-state index is 0.643. The van der Waals surface area contributed by atoms with E-state index < -0.39 is 0 Å². The van der Waals surface area contributed by atoms with Gasteiger partial charge in [-0.25, -0.2) is 0 Å². The van der Waals surface area contributed by atoms with Gasteiger partial charge in [0.25, 0.3) is 0 Å². The Morgan fingerprint density at radius 1 is 1.62 bits per heavy atom. The van der Waals surface area contributed by atoms with E-state index in [0.717, 1.165) is 0 Å². The van der Waals surface area contributed by atoms with Gasteiger partial charge in [-0.05, 0) is 13.3 Å². The first-order valence-corrected chi connectivity index (χ1v) is 3.20. The van der Waals surface area contributed by atoms with Gasteiger partial charge in [0.2, 0.25) is 0 Å². The fraction of sp³-hybridized carbons (Fsp3) is 0.714. The van der Waals surface area contributed by atoms with Crippen molar-refractivity contribution in [3.8, 4) is 0 Å². The van der Waals surface area contributed by atoms with E-state index in [0.29, 0.717) is 5.41 Å². The van der Waals surface area contributed by atoms with Crippen LogP contribution in [0.25, 0.3) is 0 Å². The highest BCUT2D eigenvalue weighted by Crippen LogP contribution is 2.41. The molecule has 0 bridgehead atoms. The second-order valence-corrected chi connectivity index (χ2v) is 3.13. The first kappa shape index (κ1) is 4.57. The van der Waals surface area contributed by atoms with Crippen molar-refractivity contribution in [2.75, 3.05) is 13.1 Å². The van der Waals surface area contributed by atoms with E-state index in [9.17, 15) is 0 Å². The maximum Gasteiger partial charge on any atom is 0.0171 e. The summed E-state index contributed by atoms with van der Waals surface area (Å²) >= 11 is 0. The predicted molar refractivity (Wildman–Crippen MR) is 33.7 cm³/mol. The Kier molecular flexibility index (Phi) is 0.662. The molecule has 1 nitrogen and oxygen atoms in total. The molecule has 0 amide bonds. The number of nitrogens with one attached hydrogen (secondary N) is 1. The third-order valence-electron chi connectivity index (χ3n) is 2.14. The van der Waals surface area contributed by atoms with Crippen LogP contribution in [0.4, 0.5) is 0 Å². The van der Waals surface area contributed by atoms with E-state index in [-0.39, 0.29) is 0 Å². The summed E-state index contributed by atoms with van der Waals surface area (Å²) in [5.74, 6) is 0. The number of hydrogen-bond donors (Lipinski definition) is 1. The molecule has 0 aromatic carbocycles. The summed E-state index contributed by atoms with van der Waals surface area (Å²) in [4.78, 5) is 0. The summed E-state index contributed by atoms with van der Waals surface area (Å²) in [5.41, 5.74) is 2.22. The second-order valence-electron chi connectivity index (χ2n) is 3.13. The number of allylic oxidation sites excluding steroid dienone is 1. The van der Waals surface area contributed by atoms with Crippen molar-refractivity contribution >= 4 is 0 Å². The van der Waals surface area contributed by atoms with Crippen LogP contribution in [-0.2, 0) is 0 Å². The molecule has 2 rings (SSSR count). The van der Waals surface area contributed by atoms with Crippen molar-refractivity contribution in [2.45, 2.75) is 13.3 Å². The zero-order chi connectivity index (χ0) is 5.61. The lowest BCUT2D eigenvalue weighted by atomic mass is 9.67. The Bertz CT molecular complexity index is 142.